The van der Waals surface area contributed by atoms with Gasteiger partial charge in [0.25, 0.3) is 0 Å². The Labute approximate surface area is 152 Å². The van der Waals surface area contributed by atoms with Gasteiger partial charge < -0.3 is 10.1 Å². The Bertz CT molecular complexity index is 905. The summed E-state index contributed by atoms with van der Waals surface area (Å²) in [5.74, 6) is 0.747. The number of ether oxygens (including phenoxy) is 1. The van der Waals surface area contributed by atoms with E-state index in [-0.39, 0.29) is 5.91 Å². The van der Waals surface area contributed by atoms with Crippen molar-refractivity contribution in [3.05, 3.63) is 108 Å². The van der Waals surface area contributed by atoms with Crippen LogP contribution < -0.4 is 10.1 Å². The van der Waals surface area contributed by atoms with Crippen molar-refractivity contribution in [3.63, 3.8) is 0 Å². The van der Waals surface area contributed by atoms with E-state index < -0.39 is 5.41 Å². The van der Waals surface area contributed by atoms with Crippen LogP contribution in [0.4, 0.5) is 0 Å². The fourth-order valence-electron chi connectivity index (χ4n) is 3.46. The number of hydrogen-bond donors (Lipinski definition) is 1. The number of hydrogen-bond acceptors (Lipinski definition) is 2. The second-order valence-corrected chi connectivity index (χ2v) is 6.28. The molecule has 3 nitrogen and oxygen atoms in total. The normalized spacial score (nSPS) is 15.3. The summed E-state index contributed by atoms with van der Waals surface area (Å²) in [6.07, 6.45) is 2.03. The summed E-state index contributed by atoms with van der Waals surface area (Å²) in [6, 6.07) is 27.5. The molecule has 0 unspecified atom stereocenters. The van der Waals surface area contributed by atoms with E-state index in [0.717, 1.165) is 28.1 Å². The molecule has 4 rings (SSSR count). The topological polar surface area (TPSA) is 38.3 Å². The van der Waals surface area contributed by atoms with Gasteiger partial charge in [-0.3, -0.25) is 4.79 Å². The molecule has 1 amide bonds. The molecule has 0 aliphatic carbocycles. The Hall–Kier alpha value is -3.33. The number of amides is 1. The molecule has 3 aromatic carbocycles. The van der Waals surface area contributed by atoms with E-state index in [1.165, 1.54) is 0 Å². The first-order valence-corrected chi connectivity index (χ1v) is 8.54. The maximum absolute atomic E-state index is 13.2. The molecule has 0 atom stereocenters. The minimum Gasteiger partial charge on any atom is -0.497 e. The van der Waals surface area contributed by atoms with Crippen LogP contribution in [0.25, 0.3) is 5.70 Å². The highest BCUT2D eigenvalue weighted by Crippen LogP contribution is 2.40. The number of nitrogens with one attached hydrogen (secondary N) is 1. The SMILES string of the molecule is COc1ccc(C2=CC(c3ccccc3)(c3ccccc3)C(=O)N2)cc1. The predicted molar refractivity (Wildman–Crippen MR) is 103 cm³/mol. The van der Waals surface area contributed by atoms with E-state index in [4.69, 9.17) is 4.74 Å². The van der Waals surface area contributed by atoms with Gasteiger partial charge in [0.05, 0.1) is 7.11 Å². The number of rotatable bonds is 4. The van der Waals surface area contributed by atoms with Crippen molar-refractivity contribution < 1.29 is 9.53 Å². The van der Waals surface area contributed by atoms with Crippen molar-refractivity contribution in [2.24, 2.45) is 0 Å². The van der Waals surface area contributed by atoms with Crippen LogP contribution in [0.2, 0.25) is 0 Å². The lowest BCUT2D eigenvalue weighted by atomic mass is 9.74. The van der Waals surface area contributed by atoms with Gasteiger partial charge in [0.2, 0.25) is 5.91 Å². The van der Waals surface area contributed by atoms with E-state index in [0.29, 0.717) is 0 Å². The lowest BCUT2D eigenvalue weighted by molar-refractivity contribution is -0.121. The standard InChI is InChI=1S/C23H19NO2/c1-26-20-14-12-17(13-15-20)21-16-23(22(25)24-21,18-8-4-2-5-9-18)19-10-6-3-7-11-19/h2-16H,1H3,(H,24,25). The minimum absolute atomic E-state index is 0.0410. The molecular weight excluding hydrogens is 322 g/mol. The van der Waals surface area contributed by atoms with Gasteiger partial charge in [0, 0.05) is 5.70 Å². The van der Waals surface area contributed by atoms with Gasteiger partial charge in [0.15, 0.2) is 0 Å². The van der Waals surface area contributed by atoms with Gasteiger partial charge in [-0.15, -0.1) is 0 Å². The van der Waals surface area contributed by atoms with Crippen LogP contribution in [0.15, 0.2) is 91.0 Å². The minimum atomic E-state index is -0.836. The number of methoxy groups -OCH3 is 1. The average molecular weight is 341 g/mol. The van der Waals surface area contributed by atoms with E-state index in [2.05, 4.69) is 5.32 Å². The molecule has 0 bridgehead atoms. The zero-order chi connectivity index (χ0) is 18.0. The predicted octanol–water partition coefficient (Wildman–Crippen LogP) is 4.15. The van der Waals surface area contributed by atoms with Crippen LogP contribution >= 0.6 is 0 Å². The maximum Gasteiger partial charge on any atom is 0.243 e. The first-order valence-electron chi connectivity index (χ1n) is 8.54. The van der Waals surface area contributed by atoms with E-state index in [9.17, 15) is 4.79 Å². The average Bonchev–Trinajstić information content (AvgIpc) is 3.07. The van der Waals surface area contributed by atoms with Crippen molar-refractivity contribution in [2.45, 2.75) is 5.41 Å². The van der Waals surface area contributed by atoms with E-state index in [1.807, 2.05) is 91.0 Å². The van der Waals surface area contributed by atoms with Crippen molar-refractivity contribution in [2.75, 3.05) is 7.11 Å². The Kier molecular flexibility index (Phi) is 4.05. The number of carbonyl (C=O) groups is 1. The molecule has 0 spiro atoms. The third kappa shape index (κ3) is 2.58. The molecule has 128 valence electrons. The zero-order valence-electron chi connectivity index (χ0n) is 14.5. The fourth-order valence-corrected chi connectivity index (χ4v) is 3.46. The molecule has 3 heteroatoms. The van der Waals surface area contributed by atoms with Gasteiger partial charge in [0.1, 0.15) is 11.2 Å². The quantitative estimate of drug-likeness (QED) is 0.774. The zero-order valence-corrected chi connectivity index (χ0v) is 14.5. The Morgan fingerprint density at radius 2 is 1.31 bits per heavy atom. The molecule has 1 aliphatic heterocycles. The molecule has 0 radical (unpaired) electrons. The molecular formula is C23H19NO2. The maximum atomic E-state index is 13.2. The van der Waals surface area contributed by atoms with Gasteiger partial charge in [-0.25, -0.2) is 0 Å². The second kappa shape index (κ2) is 6.52. The van der Waals surface area contributed by atoms with Gasteiger partial charge in [-0.05, 0) is 47.0 Å². The summed E-state index contributed by atoms with van der Waals surface area (Å²) in [6.45, 7) is 0. The van der Waals surface area contributed by atoms with Gasteiger partial charge >= 0.3 is 0 Å². The molecule has 1 heterocycles. The summed E-state index contributed by atoms with van der Waals surface area (Å²) in [5, 5.41) is 3.08. The molecule has 0 fully saturated rings. The highest BCUT2D eigenvalue weighted by atomic mass is 16.5. The monoisotopic (exact) mass is 341 g/mol. The summed E-state index contributed by atoms with van der Waals surface area (Å²) < 4.78 is 5.23. The molecule has 3 aromatic rings. The Balaban J connectivity index is 1.88. The highest BCUT2D eigenvalue weighted by Gasteiger charge is 2.44. The molecule has 1 aliphatic rings. The lowest BCUT2D eigenvalue weighted by Gasteiger charge is -2.26. The van der Waals surface area contributed by atoms with Crippen molar-refractivity contribution in [1.29, 1.82) is 0 Å². The summed E-state index contributed by atoms with van der Waals surface area (Å²) in [4.78, 5) is 13.2. The summed E-state index contributed by atoms with van der Waals surface area (Å²) in [5.41, 5.74) is 2.83. The van der Waals surface area contributed by atoms with Crippen molar-refractivity contribution in [3.8, 4) is 5.75 Å². The van der Waals surface area contributed by atoms with Crippen LogP contribution in [-0.4, -0.2) is 13.0 Å². The van der Waals surface area contributed by atoms with Gasteiger partial charge in [-0.2, -0.15) is 0 Å². The Morgan fingerprint density at radius 3 is 1.81 bits per heavy atom. The third-order valence-corrected chi connectivity index (χ3v) is 4.83. The molecule has 26 heavy (non-hydrogen) atoms. The van der Waals surface area contributed by atoms with Crippen LogP contribution in [0.3, 0.4) is 0 Å². The van der Waals surface area contributed by atoms with E-state index >= 15 is 0 Å². The summed E-state index contributed by atoms with van der Waals surface area (Å²) in [7, 11) is 1.64. The van der Waals surface area contributed by atoms with Crippen LogP contribution in [0, 0.1) is 0 Å². The number of benzene rings is 3. The van der Waals surface area contributed by atoms with Crippen LogP contribution in [0.1, 0.15) is 16.7 Å². The number of carbonyl (C=O) groups excluding carboxylic acids is 1. The molecule has 0 aromatic heterocycles. The Morgan fingerprint density at radius 1 is 0.769 bits per heavy atom. The smallest absolute Gasteiger partial charge is 0.243 e. The van der Waals surface area contributed by atoms with Crippen LogP contribution in [0.5, 0.6) is 5.75 Å². The van der Waals surface area contributed by atoms with Crippen molar-refractivity contribution >= 4 is 11.6 Å². The largest absolute Gasteiger partial charge is 0.497 e. The first-order chi connectivity index (χ1) is 12.7. The molecule has 0 saturated carbocycles. The lowest BCUT2D eigenvalue weighted by Crippen LogP contribution is -2.37. The van der Waals surface area contributed by atoms with Crippen LogP contribution in [-0.2, 0) is 10.2 Å². The first kappa shape index (κ1) is 16.2. The second-order valence-electron chi connectivity index (χ2n) is 6.28. The highest BCUT2D eigenvalue weighted by molar-refractivity contribution is 6.05. The fraction of sp³-hybridized carbons (Fsp3) is 0.0870. The third-order valence-electron chi connectivity index (χ3n) is 4.83. The van der Waals surface area contributed by atoms with E-state index in [1.54, 1.807) is 7.11 Å². The molecule has 0 saturated heterocycles. The summed E-state index contributed by atoms with van der Waals surface area (Å²) >= 11 is 0. The van der Waals surface area contributed by atoms with Crippen molar-refractivity contribution in [1.82, 2.24) is 5.32 Å². The van der Waals surface area contributed by atoms with Gasteiger partial charge in [-0.1, -0.05) is 60.7 Å². The molecule has 1 N–H and O–H groups in total.